The van der Waals surface area contributed by atoms with E-state index in [1.165, 1.54) is 31.0 Å². The third-order valence-electron chi connectivity index (χ3n) is 5.12. The number of thioether (sulfide) groups is 1. The van der Waals surface area contributed by atoms with Crippen molar-refractivity contribution in [3.05, 3.63) is 22.1 Å². The SMILES string of the molecule is CC[C@H](C)n1c(SCC(=O)NC2CCCCC2)nc2cc(C)[nH]c2c1=O. The monoisotopic (exact) mass is 376 g/mol. The van der Waals surface area contributed by atoms with Crippen molar-refractivity contribution in [2.24, 2.45) is 0 Å². The molecule has 0 bridgehead atoms. The molecule has 2 heterocycles. The maximum Gasteiger partial charge on any atom is 0.278 e. The molecule has 0 saturated heterocycles. The van der Waals surface area contributed by atoms with Crippen molar-refractivity contribution in [2.45, 2.75) is 76.5 Å². The van der Waals surface area contributed by atoms with Crippen LogP contribution in [0, 0.1) is 6.92 Å². The van der Waals surface area contributed by atoms with E-state index in [0.29, 0.717) is 22.2 Å². The van der Waals surface area contributed by atoms with Crippen molar-refractivity contribution in [3.63, 3.8) is 0 Å². The second-order valence-electron chi connectivity index (χ2n) is 7.23. The molecule has 1 saturated carbocycles. The molecule has 1 aliphatic rings. The highest BCUT2D eigenvalue weighted by molar-refractivity contribution is 7.99. The van der Waals surface area contributed by atoms with E-state index in [1.54, 1.807) is 4.57 Å². The zero-order chi connectivity index (χ0) is 18.7. The van der Waals surface area contributed by atoms with Gasteiger partial charge in [0.2, 0.25) is 5.91 Å². The van der Waals surface area contributed by atoms with Gasteiger partial charge in [0.15, 0.2) is 5.16 Å². The average molecular weight is 377 g/mol. The predicted molar refractivity (Wildman–Crippen MR) is 106 cm³/mol. The first-order valence-electron chi connectivity index (χ1n) is 9.53. The Morgan fingerprint density at radius 1 is 1.42 bits per heavy atom. The summed E-state index contributed by atoms with van der Waals surface area (Å²) in [6, 6.07) is 2.22. The van der Waals surface area contributed by atoms with E-state index < -0.39 is 0 Å². The Morgan fingerprint density at radius 2 is 2.15 bits per heavy atom. The van der Waals surface area contributed by atoms with Crippen LogP contribution in [-0.2, 0) is 4.79 Å². The number of hydrogen-bond donors (Lipinski definition) is 2. The molecular formula is C19H28N4O2S. The summed E-state index contributed by atoms with van der Waals surface area (Å²) in [5, 5.41) is 3.75. The average Bonchev–Trinajstić information content (AvgIpc) is 3.01. The molecule has 7 heteroatoms. The molecule has 1 aliphatic carbocycles. The van der Waals surface area contributed by atoms with Crippen molar-refractivity contribution in [2.75, 3.05) is 5.75 Å². The van der Waals surface area contributed by atoms with E-state index >= 15 is 0 Å². The van der Waals surface area contributed by atoms with Gasteiger partial charge in [-0.05, 0) is 39.2 Å². The Bertz CT molecular complexity index is 836. The number of nitrogens with zero attached hydrogens (tertiary/aromatic N) is 2. The summed E-state index contributed by atoms with van der Waals surface area (Å²) in [5.74, 6) is 0.311. The van der Waals surface area contributed by atoms with Crippen LogP contribution in [0.2, 0.25) is 0 Å². The first kappa shape index (κ1) is 19.0. The number of rotatable bonds is 6. The van der Waals surface area contributed by atoms with Crippen molar-refractivity contribution < 1.29 is 4.79 Å². The number of hydrogen-bond acceptors (Lipinski definition) is 4. The molecule has 0 aromatic carbocycles. The lowest BCUT2D eigenvalue weighted by atomic mass is 9.95. The Labute approximate surface area is 158 Å². The summed E-state index contributed by atoms with van der Waals surface area (Å²) < 4.78 is 1.72. The summed E-state index contributed by atoms with van der Waals surface area (Å²) in [5.41, 5.74) is 2.06. The molecule has 3 rings (SSSR count). The minimum Gasteiger partial charge on any atom is -0.353 e. The molecule has 1 fully saturated rings. The van der Waals surface area contributed by atoms with E-state index in [2.05, 4.69) is 15.3 Å². The van der Waals surface area contributed by atoms with Gasteiger partial charge in [0.05, 0.1) is 11.3 Å². The summed E-state index contributed by atoms with van der Waals surface area (Å²) in [6.07, 6.45) is 6.62. The number of H-pyrrole nitrogens is 1. The lowest BCUT2D eigenvalue weighted by Crippen LogP contribution is -2.37. The zero-order valence-corrected chi connectivity index (χ0v) is 16.6. The van der Waals surface area contributed by atoms with Crippen molar-refractivity contribution >= 4 is 28.7 Å². The topological polar surface area (TPSA) is 79.8 Å². The van der Waals surface area contributed by atoms with E-state index in [-0.39, 0.29) is 23.3 Å². The molecule has 0 radical (unpaired) electrons. The van der Waals surface area contributed by atoms with Crippen molar-refractivity contribution in [3.8, 4) is 0 Å². The lowest BCUT2D eigenvalue weighted by Gasteiger charge is -2.23. The van der Waals surface area contributed by atoms with Crippen LogP contribution in [0.3, 0.4) is 0 Å². The molecule has 1 atom stereocenters. The zero-order valence-electron chi connectivity index (χ0n) is 15.8. The van der Waals surface area contributed by atoms with Gasteiger partial charge < -0.3 is 10.3 Å². The molecule has 1 amide bonds. The van der Waals surface area contributed by atoms with Crippen molar-refractivity contribution in [1.29, 1.82) is 0 Å². The summed E-state index contributed by atoms with van der Waals surface area (Å²) >= 11 is 1.35. The van der Waals surface area contributed by atoms with Crippen LogP contribution in [0.1, 0.15) is 64.1 Å². The largest absolute Gasteiger partial charge is 0.353 e. The molecule has 142 valence electrons. The van der Waals surface area contributed by atoms with Gasteiger partial charge in [0.1, 0.15) is 5.52 Å². The minimum absolute atomic E-state index is 0.0252. The fraction of sp³-hybridized carbons (Fsp3) is 0.632. The molecule has 0 spiro atoms. The molecule has 0 unspecified atom stereocenters. The maximum absolute atomic E-state index is 12.9. The summed E-state index contributed by atoms with van der Waals surface area (Å²) in [6.45, 7) is 5.97. The fourth-order valence-corrected chi connectivity index (χ4v) is 4.42. The van der Waals surface area contributed by atoms with Gasteiger partial charge in [-0.3, -0.25) is 14.2 Å². The minimum atomic E-state index is -0.0624. The Balaban J connectivity index is 1.79. The molecule has 2 aromatic heterocycles. The van der Waals surface area contributed by atoms with Crippen LogP contribution >= 0.6 is 11.8 Å². The number of amides is 1. The van der Waals surface area contributed by atoms with Crippen LogP contribution in [0.25, 0.3) is 11.0 Å². The lowest BCUT2D eigenvalue weighted by molar-refractivity contribution is -0.119. The number of carbonyl (C=O) groups excluding carboxylic acids is 1. The van der Waals surface area contributed by atoms with Gasteiger partial charge in [0, 0.05) is 17.8 Å². The number of fused-ring (bicyclic) bond motifs is 1. The Morgan fingerprint density at radius 3 is 2.85 bits per heavy atom. The van der Waals surface area contributed by atoms with E-state index in [1.807, 2.05) is 26.8 Å². The van der Waals surface area contributed by atoms with E-state index in [0.717, 1.165) is 25.0 Å². The van der Waals surface area contributed by atoms with Gasteiger partial charge in [0.25, 0.3) is 5.56 Å². The number of aryl methyl sites for hydroxylation is 1. The number of nitrogens with one attached hydrogen (secondary N) is 2. The fourth-order valence-electron chi connectivity index (χ4n) is 3.51. The quantitative estimate of drug-likeness (QED) is 0.597. The van der Waals surface area contributed by atoms with E-state index in [4.69, 9.17) is 0 Å². The molecule has 0 aliphatic heterocycles. The number of aromatic amines is 1. The molecule has 2 N–H and O–H groups in total. The molecule has 2 aromatic rings. The highest BCUT2D eigenvalue weighted by atomic mass is 32.2. The van der Waals surface area contributed by atoms with Crippen LogP contribution in [0.4, 0.5) is 0 Å². The predicted octanol–water partition coefficient (Wildman–Crippen LogP) is 3.55. The summed E-state index contributed by atoms with van der Waals surface area (Å²) in [7, 11) is 0. The van der Waals surface area contributed by atoms with Gasteiger partial charge in [-0.25, -0.2) is 4.98 Å². The highest BCUT2D eigenvalue weighted by Gasteiger charge is 2.19. The van der Waals surface area contributed by atoms with Crippen LogP contribution in [0.15, 0.2) is 16.0 Å². The number of aromatic nitrogens is 3. The Kier molecular flexibility index (Phi) is 6.06. The standard InChI is InChI=1S/C19H28N4O2S/c1-4-13(3)23-18(25)17-15(10-12(2)20-17)22-19(23)26-11-16(24)21-14-8-6-5-7-9-14/h10,13-14,20H,4-9,11H2,1-3H3,(H,21,24)/t13-/m0/s1. The maximum atomic E-state index is 12.9. The van der Waals surface area contributed by atoms with Crippen LogP contribution in [0.5, 0.6) is 0 Å². The van der Waals surface area contributed by atoms with Gasteiger partial charge in [-0.1, -0.05) is 37.9 Å². The second-order valence-corrected chi connectivity index (χ2v) is 8.17. The highest BCUT2D eigenvalue weighted by Crippen LogP contribution is 2.23. The number of carbonyl (C=O) groups is 1. The molecule has 26 heavy (non-hydrogen) atoms. The third-order valence-corrected chi connectivity index (χ3v) is 6.07. The first-order valence-corrected chi connectivity index (χ1v) is 10.5. The third kappa shape index (κ3) is 4.14. The van der Waals surface area contributed by atoms with Crippen molar-refractivity contribution in [1.82, 2.24) is 19.9 Å². The second kappa shape index (κ2) is 8.29. The van der Waals surface area contributed by atoms with Gasteiger partial charge >= 0.3 is 0 Å². The van der Waals surface area contributed by atoms with Crippen LogP contribution in [-0.4, -0.2) is 32.2 Å². The van der Waals surface area contributed by atoms with Gasteiger partial charge in [-0.15, -0.1) is 0 Å². The molecule has 6 nitrogen and oxygen atoms in total. The van der Waals surface area contributed by atoms with E-state index in [9.17, 15) is 9.59 Å². The smallest absolute Gasteiger partial charge is 0.278 e. The van der Waals surface area contributed by atoms with Gasteiger partial charge in [-0.2, -0.15) is 0 Å². The Hall–Kier alpha value is -1.76. The normalized spacial score (nSPS) is 16.7. The molecular weight excluding hydrogens is 348 g/mol. The first-order chi connectivity index (χ1) is 12.5. The van der Waals surface area contributed by atoms with Crippen LogP contribution < -0.4 is 10.9 Å². The summed E-state index contributed by atoms with van der Waals surface area (Å²) in [4.78, 5) is 33.0.